The maximum atomic E-state index is 4.70. The van der Waals surface area contributed by atoms with E-state index in [2.05, 4.69) is 77.9 Å². The molecule has 0 unspecified atom stereocenters. The van der Waals surface area contributed by atoms with Gasteiger partial charge in [0.05, 0.1) is 17.6 Å². The lowest BCUT2D eigenvalue weighted by Crippen LogP contribution is -2.13. The first-order valence-corrected chi connectivity index (χ1v) is 10.1. The SMILES string of the molecule is CCCSc1ccc2nc(CNCc3cccc4ccccc34)[nH]c2c1. The third-order valence-corrected chi connectivity index (χ3v) is 5.66. The molecule has 0 aliphatic carbocycles. The molecule has 1 heterocycles. The van der Waals surface area contributed by atoms with Crippen LogP contribution in [0, 0.1) is 0 Å². The zero-order valence-corrected chi connectivity index (χ0v) is 15.8. The van der Waals surface area contributed by atoms with E-state index in [1.54, 1.807) is 0 Å². The van der Waals surface area contributed by atoms with Crippen LogP contribution < -0.4 is 5.32 Å². The largest absolute Gasteiger partial charge is 0.341 e. The Balaban J connectivity index is 1.44. The lowest BCUT2D eigenvalue weighted by Gasteiger charge is -2.07. The monoisotopic (exact) mass is 361 g/mol. The summed E-state index contributed by atoms with van der Waals surface area (Å²) >= 11 is 1.90. The average Bonchev–Trinajstić information content (AvgIpc) is 3.08. The summed E-state index contributed by atoms with van der Waals surface area (Å²) in [5.41, 5.74) is 3.47. The molecule has 0 aliphatic rings. The predicted octanol–water partition coefficient (Wildman–Crippen LogP) is 5.51. The van der Waals surface area contributed by atoms with Gasteiger partial charge in [0.1, 0.15) is 5.82 Å². The third-order valence-electron chi connectivity index (χ3n) is 4.46. The minimum atomic E-state index is 0.731. The molecule has 3 nitrogen and oxygen atoms in total. The summed E-state index contributed by atoms with van der Waals surface area (Å²) in [6.45, 7) is 3.77. The summed E-state index contributed by atoms with van der Waals surface area (Å²) in [5, 5.41) is 6.12. The molecule has 3 aromatic carbocycles. The van der Waals surface area contributed by atoms with E-state index in [-0.39, 0.29) is 0 Å². The summed E-state index contributed by atoms with van der Waals surface area (Å²) in [4.78, 5) is 9.45. The molecule has 132 valence electrons. The molecular formula is C22H23N3S. The summed E-state index contributed by atoms with van der Waals surface area (Å²) < 4.78 is 0. The summed E-state index contributed by atoms with van der Waals surface area (Å²) in [6, 6.07) is 21.5. The molecular weight excluding hydrogens is 338 g/mol. The molecule has 4 aromatic rings. The maximum Gasteiger partial charge on any atom is 0.121 e. The number of hydrogen-bond acceptors (Lipinski definition) is 3. The molecule has 26 heavy (non-hydrogen) atoms. The van der Waals surface area contributed by atoms with Crippen molar-refractivity contribution < 1.29 is 0 Å². The minimum Gasteiger partial charge on any atom is -0.341 e. The summed E-state index contributed by atoms with van der Waals surface area (Å²) in [7, 11) is 0. The van der Waals surface area contributed by atoms with E-state index in [1.165, 1.54) is 27.7 Å². The number of nitrogens with zero attached hydrogens (tertiary/aromatic N) is 1. The zero-order chi connectivity index (χ0) is 17.8. The highest BCUT2D eigenvalue weighted by molar-refractivity contribution is 7.99. The van der Waals surface area contributed by atoms with E-state index in [9.17, 15) is 0 Å². The fraction of sp³-hybridized carbons (Fsp3) is 0.227. The average molecular weight is 362 g/mol. The number of rotatable bonds is 7. The number of aromatic nitrogens is 2. The molecule has 0 aliphatic heterocycles. The number of thioether (sulfide) groups is 1. The Labute approximate surface area is 158 Å². The van der Waals surface area contributed by atoms with E-state index in [0.717, 1.165) is 35.7 Å². The Hall–Kier alpha value is -2.30. The second-order valence-corrected chi connectivity index (χ2v) is 7.62. The minimum absolute atomic E-state index is 0.731. The number of aromatic amines is 1. The van der Waals surface area contributed by atoms with Crippen molar-refractivity contribution in [1.82, 2.24) is 15.3 Å². The van der Waals surface area contributed by atoms with E-state index in [1.807, 2.05) is 11.8 Å². The number of hydrogen-bond donors (Lipinski definition) is 2. The van der Waals surface area contributed by atoms with Crippen molar-refractivity contribution in [2.75, 3.05) is 5.75 Å². The van der Waals surface area contributed by atoms with Gasteiger partial charge in [-0.1, -0.05) is 49.4 Å². The van der Waals surface area contributed by atoms with Crippen LogP contribution >= 0.6 is 11.8 Å². The van der Waals surface area contributed by atoms with Crippen molar-refractivity contribution in [3.63, 3.8) is 0 Å². The highest BCUT2D eigenvalue weighted by Crippen LogP contribution is 2.23. The molecule has 2 N–H and O–H groups in total. The Kier molecular flexibility index (Phi) is 5.23. The molecule has 4 rings (SSSR count). The fourth-order valence-corrected chi connectivity index (χ4v) is 4.00. The first kappa shape index (κ1) is 17.1. The van der Waals surface area contributed by atoms with Gasteiger partial charge < -0.3 is 10.3 Å². The molecule has 0 radical (unpaired) electrons. The van der Waals surface area contributed by atoms with Gasteiger partial charge in [-0.3, -0.25) is 0 Å². The van der Waals surface area contributed by atoms with E-state index < -0.39 is 0 Å². The van der Waals surface area contributed by atoms with Gasteiger partial charge in [-0.15, -0.1) is 11.8 Å². The van der Waals surface area contributed by atoms with Gasteiger partial charge in [-0.05, 0) is 46.7 Å². The maximum absolute atomic E-state index is 4.70. The number of benzene rings is 3. The van der Waals surface area contributed by atoms with Gasteiger partial charge in [-0.2, -0.15) is 0 Å². The number of nitrogens with one attached hydrogen (secondary N) is 2. The molecule has 0 saturated heterocycles. The number of H-pyrrole nitrogens is 1. The van der Waals surface area contributed by atoms with Crippen LogP contribution in [0.5, 0.6) is 0 Å². The summed E-state index contributed by atoms with van der Waals surface area (Å²) in [5.74, 6) is 2.14. The number of imidazole rings is 1. The molecule has 0 bridgehead atoms. The first-order chi connectivity index (χ1) is 12.8. The van der Waals surface area contributed by atoms with E-state index >= 15 is 0 Å². The Morgan fingerprint density at radius 1 is 1.00 bits per heavy atom. The van der Waals surface area contributed by atoms with Gasteiger partial charge in [0.15, 0.2) is 0 Å². The van der Waals surface area contributed by atoms with E-state index in [4.69, 9.17) is 4.98 Å². The number of fused-ring (bicyclic) bond motifs is 2. The van der Waals surface area contributed by atoms with Crippen LogP contribution in [0.15, 0.2) is 65.6 Å². The molecule has 0 fully saturated rings. The van der Waals surface area contributed by atoms with Crippen LogP contribution in [0.4, 0.5) is 0 Å². The Morgan fingerprint density at radius 2 is 1.88 bits per heavy atom. The lowest BCUT2D eigenvalue weighted by atomic mass is 10.0. The highest BCUT2D eigenvalue weighted by atomic mass is 32.2. The fourth-order valence-electron chi connectivity index (χ4n) is 3.20. The van der Waals surface area contributed by atoms with Crippen molar-refractivity contribution in [2.24, 2.45) is 0 Å². The van der Waals surface area contributed by atoms with Gasteiger partial charge in [0.2, 0.25) is 0 Å². The van der Waals surface area contributed by atoms with Crippen LogP contribution in [0.1, 0.15) is 24.7 Å². The van der Waals surface area contributed by atoms with Crippen LogP contribution in [-0.2, 0) is 13.1 Å². The second kappa shape index (κ2) is 7.94. The van der Waals surface area contributed by atoms with Crippen molar-refractivity contribution >= 4 is 33.6 Å². The lowest BCUT2D eigenvalue weighted by molar-refractivity contribution is 0.673. The highest BCUT2D eigenvalue weighted by Gasteiger charge is 2.05. The van der Waals surface area contributed by atoms with Crippen molar-refractivity contribution in [1.29, 1.82) is 0 Å². The predicted molar refractivity (Wildman–Crippen MR) is 112 cm³/mol. The normalized spacial score (nSPS) is 11.4. The van der Waals surface area contributed by atoms with Crippen LogP contribution in [-0.4, -0.2) is 15.7 Å². The van der Waals surface area contributed by atoms with Crippen molar-refractivity contribution in [3.05, 3.63) is 72.1 Å². The molecule has 4 heteroatoms. The van der Waals surface area contributed by atoms with Gasteiger partial charge >= 0.3 is 0 Å². The summed E-state index contributed by atoms with van der Waals surface area (Å²) in [6.07, 6.45) is 1.19. The van der Waals surface area contributed by atoms with Crippen LogP contribution in [0.25, 0.3) is 21.8 Å². The standard InChI is InChI=1S/C22H23N3S/c1-2-12-26-18-10-11-20-21(13-18)25-22(24-20)15-23-14-17-8-5-7-16-6-3-4-9-19(16)17/h3-11,13,23H,2,12,14-15H2,1H3,(H,24,25). The van der Waals surface area contributed by atoms with Crippen molar-refractivity contribution in [2.45, 2.75) is 31.3 Å². The quantitative estimate of drug-likeness (QED) is 0.427. The smallest absolute Gasteiger partial charge is 0.121 e. The molecule has 1 aromatic heterocycles. The van der Waals surface area contributed by atoms with Crippen LogP contribution in [0.3, 0.4) is 0 Å². The van der Waals surface area contributed by atoms with Crippen molar-refractivity contribution in [3.8, 4) is 0 Å². The van der Waals surface area contributed by atoms with Gasteiger partial charge in [-0.25, -0.2) is 4.98 Å². The molecule has 0 saturated carbocycles. The van der Waals surface area contributed by atoms with E-state index in [0.29, 0.717) is 0 Å². The Bertz CT molecular complexity index is 1020. The Morgan fingerprint density at radius 3 is 2.81 bits per heavy atom. The topological polar surface area (TPSA) is 40.7 Å². The van der Waals surface area contributed by atoms with Crippen LogP contribution in [0.2, 0.25) is 0 Å². The van der Waals surface area contributed by atoms with Gasteiger partial charge in [0.25, 0.3) is 0 Å². The zero-order valence-electron chi connectivity index (χ0n) is 15.0. The third kappa shape index (κ3) is 3.76. The first-order valence-electron chi connectivity index (χ1n) is 9.12. The molecule has 0 spiro atoms. The molecule has 0 amide bonds. The van der Waals surface area contributed by atoms with Gasteiger partial charge in [0, 0.05) is 11.4 Å². The molecule has 0 atom stereocenters. The second-order valence-electron chi connectivity index (χ2n) is 6.45.